The molecule has 0 aromatic heterocycles. The maximum atomic E-state index is 3.83. The van der Waals surface area contributed by atoms with Gasteiger partial charge in [-0.2, -0.15) is 0 Å². The quantitative estimate of drug-likeness (QED) is 0.640. The normalized spacial score (nSPS) is 15.6. The van der Waals surface area contributed by atoms with Gasteiger partial charge in [0.2, 0.25) is 0 Å². The van der Waals surface area contributed by atoms with Crippen molar-refractivity contribution >= 4 is 5.69 Å². The van der Waals surface area contributed by atoms with E-state index in [2.05, 4.69) is 95.1 Å². The van der Waals surface area contributed by atoms with Gasteiger partial charge in [-0.05, 0) is 42.0 Å². The first kappa shape index (κ1) is 17.8. The number of likely N-dealkylation sites (tertiary alicyclic amines) is 1. The van der Waals surface area contributed by atoms with Gasteiger partial charge in [-0.1, -0.05) is 78.9 Å². The Morgan fingerprint density at radius 2 is 1.30 bits per heavy atom. The monoisotopic (exact) mass is 356 g/mol. The average Bonchev–Trinajstić information content (AvgIpc) is 2.72. The summed E-state index contributed by atoms with van der Waals surface area (Å²) in [5.41, 5.74) is 5.46. The van der Waals surface area contributed by atoms with Gasteiger partial charge in [-0.3, -0.25) is 4.90 Å². The van der Waals surface area contributed by atoms with Crippen molar-refractivity contribution in [1.29, 1.82) is 0 Å². The van der Waals surface area contributed by atoms with Crippen LogP contribution < -0.4 is 5.32 Å². The summed E-state index contributed by atoms with van der Waals surface area (Å²) in [7, 11) is 0. The molecule has 1 aliphatic rings. The van der Waals surface area contributed by atoms with E-state index in [1.54, 1.807) is 0 Å². The van der Waals surface area contributed by atoms with Crippen molar-refractivity contribution in [2.75, 3.05) is 18.4 Å². The fourth-order valence-corrected chi connectivity index (χ4v) is 3.93. The van der Waals surface area contributed by atoms with E-state index in [4.69, 9.17) is 0 Å². The molecule has 1 N–H and O–H groups in total. The van der Waals surface area contributed by atoms with Crippen molar-refractivity contribution in [2.24, 2.45) is 0 Å². The van der Waals surface area contributed by atoms with Crippen LogP contribution in [0, 0.1) is 0 Å². The molecule has 0 bridgehead atoms. The van der Waals surface area contributed by atoms with E-state index in [-0.39, 0.29) is 0 Å². The fraction of sp³-hybridized carbons (Fsp3) is 0.280. The van der Waals surface area contributed by atoms with E-state index in [0.717, 1.165) is 26.1 Å². The van der Waals surface area contributed by atoms with Crippen LogP contribution in [0.25, 0.3) is 0 Å². The summed E-state index contributed by atoms with van der Waals surface area (Å²) in [5.74, 6) is 0. The lowest BCUT2D eigenvalue weighted by molar-refractivity contribution is 0.211. The first-order valence-corrected chi connectivity index (χ1v) is 10.0. The molecule has 1 saturated heterocycles. The van der Waals surface area contributed by atoms with Crippen molar-refractivity contribution in [3.05, 3.63) is 102 Å². The predicted octanol–water partition coefficient (Wildman–Crippen LogP) is 5.35. The number of piperidine rings is 1. The van der Waals surface area contributed by atoms with E-state index in [0.29, 0.717) is 6.04 Å². The first-order valence-electron chi connectivity index (χ1n) is 10.0. The number of benzene rings is 3. The van der Waals surface area contributed by atoms with Gasteiger partial charge >= 0.3 is 0 Å². The van der Waals surface area contributed by atoms with E-state index >= 15 is 0 Å². The minimum absolute atomic E-state index is 0.564. The van der Waals surface area contributed by atoms with Crippen LogP contribution in [-0.2, 0) is 13.0 Å². The molecular weight excluding hydrogens is 328 g/mol. The smallest absolute Gasteiger partial charge is 0.0378 e. The number of para-hydroxylation sites is 1. The fourth-order valence-electron chi connectivity index (χ4n) is 3.93. The van der Waals surface area contributed by atoms with Crippen molar-refractivity contribution in [3.8, 4) is 0 Å². The Morgan fingerprint density at radius 1 is 0.704 bits per heavy atom. The Hall–Kier alpha value is -2.58. The second-order valence-corrected chi connectivity index (χ2v) is 7.50. The predicted molar refractivity (Wildman–Crippen MR) is 114 cm³/mol. The molecule has 2 nitrogen and oxygen atoms in total. The van der Waals surface area contributed by atoms with Crippen molar-refractivity contribution in [1.82, 2.24) is 4.90 Å². The number of nitrogens with one attached hydrogen (secondary N) is 1. The topological polar surface area (TPSA) is 15.3 Å². The zero-order valence-corrected chi connectivity index (χ0v) is 15.9. The van der Waals surface area contributed by atoms with Crippen molar-refractivity contribution < 1.29 is 0 Å². The summed E-state index contributed by atoms with van der Waals surface area (Å²) in [5, 5.41) is 3.83. The highest BCUT2D eigenvalue weighted by molar-refractivity contribution is 5.53. The molecule has 1 fully saturated rings. The summed E-state index contributed by atoms with van der Waals surface area (Å²) in [4.78, 5) is 2.57. The molecule has 0 atom stereocenters. The van der Waals surface area contributed by atoms with Crippen LogP contribution >= 0.6 is 0 Å². The van der Waals surface area contributed by atoms with Crippen LogP contribution in [0.4, 0.5) is 5.69 Å². The van der Waals surface area contributed by atoms with Gasteiger partial charge in [0, 0.05) is 31.4 Å². The third-order valence-corrected chi connectivity index (χ3v) is 5.45. The second kappa shape index (κ2) is 8.88. The van der Waals surface area contributed by atoms with Crippen molar-refractivity contribution in [3.63, 3.8) is 0 Å². The summed E-state index contributed by atoms with van der Waals surface area (Å²) >= 11 is 0. The first-order chi connectivity index (χ1) is 13.4. The SMILES string of the molecule is c1ccc(Cc2ccccc2NC2CCN(Cc3ccccc3)CC2)cc1. The highest BCUT2D eigenvalue weighted by Gasteiger charge is 2.19. The average molecular weight is 357 g/mol. The van der Waals surface area contributed by atoms with Gasteiger partial charge in [0.15, 0.2) is 0 Å². The van der Waals surface area contributed by atoms with E-state index in [1.165, 1.54) is 35.2 Å². The largest absolute Gasteiger partial charge is 0.382 e. The standard InChI is InChI=1S/C25H28N2/c1-3-9-21(10-4-1)19-23-13-7-8-14-25(23)26-24-15-17-27(18-16-24)20-22-11-5-2-6-12-22/h1-14,24,26H,15-20H2. The van der Waals surface area contributed by atoms with E-state index in [9.17, 15) is 0 Å². The number of hydrogen-bond acceptors (Lipinski definition) is 2. The molecule has 2 heteroatoms. The lowest BCUT2D eigenvalue weighted by atomic mass is 10.0. The van der Waals surface area contributed by atoms with Gasteiger partial charge in [0.25, 0.3) is 0 Å². The summed E-state index contributed by atoms with van der Waals surface area (Å²) in [6.45, 7) is 3.39. The van der Waals surface area contributed by atoms with Crippen LogP contribution in [0.2, 0.25) is 0 Å². The Labute approximate surface area is 162 Å². The summed E-state index contributed by atoms with van der Waals surface area (Å²) < 4.78 is 0. The van der Waals surface area contributed by atoms with Gasteiger partial charge in [-0.25, -0.2) is 0 Å². The van der Waals surface area contributed by atoms with Crippen molar-refractivity contribution in [2.45, 2.75) is 31.8 Å². The number of hydrogen-bond donors (Lipinski definition) is 1. The second-order valence-electron chi connectivity index (χ2n) is 7.50. The zero-order valence-electron chi connectivity index (χ0n) is 15.9. The molecule has 0 saturated carbocycles. The zero-order chi connectivity index (χ0) is 18.3. The molecule has 138 valence electrons. The third kappa shape index (κ3) is 4.99. The molecule has 4 rings (SSSR count). The van der Waals surface area contributed by atoms with Crippen LogP contribution in [-0.4, -0.2) is 24.0 Å². The molecule has 3 aromatic carbocycles. The Bertz CT molecular complexity index is 821. The van der Waals surface area contributed by atoms with Crippen LogP contribution in [0.15, 0.2) is 84.9 Å². The highest BCUT2D eigenvalue weighted by Crippen LogP contribution is 2.23. The van der Waals surface area contributed by atoms with Crippen LogP contribution in [0.3, 0.4) is 0 Å². The molecule has 0 aliphatic carbocycles. The minimum Gasteiger partial charge on any atom is -0.382 e. The molecule has 27 heavy (non-hydrogen) atoms. The number of nitrogens with zero attached hydrogens (tertiary/aromatic N) is 1. The van der Waals surface area contributed by atoms with E-state index < -0.39 is 0 Å². The molecule has 3 aromatic rings. The molecule has 1 aliphatic heterocycles. The molecule has 0 radical (unpaired) electrons. The maximum absolute atomic E-state index is 3.83. The van der Waals surface area contributed by atoms with Crippen LogP contribution in [0.1, 0.15) is 29.5 Å². The van der Waals surface area contributed by atoms with Gasteiger partial charge in [0.05, 0.1) is 0 Å². The minimum atomic E-state index is 0.564. The summed E-state index contributed by atoms with van der Waals surface area (Å²) in [6, 6.07) is 30.9. The van der Waals surface area contributed by atoms with Gasteiger partial charge < -0.3 is 5.32 Å². The molecule has 0 unspecified atom stereocenters. The third-order valence-electron chi connectivity index (χ3n) is 5.45. The number of rotatable bonds is 6. The molecule has 0 amide bonds. The van der Waals surface area contributed by atoms with Crippen LogP contribution in [0.5, 0.6) is 0 Å². The lowest BCUT2D eigenvalue weighted by Gasteiger charge is -2.33. The molecule has 0 spiro atoms. The van der Waals surface area contributed by atoms with Gasteiger partial charge in [0.1, 0.15) is 0 Å². The highest BCUT2D eigenvalue weighted by atomic mass is 15.1. The van der Waals surface area contributed by atoms with Gasteiger partial charge in [-0.15, -0.1) is 0 Å². The summed E-state index contributed by atoms with van der Waals surface area (Å²) in [6.07, 6.45) is 3.38. The van der Waals surface area contributed by atoms with E-state index in [1.807, 2.05) is 0 Å². The maximum Gasteiger partial charge on any atom is 0.0378 e. The molecule has 1 heterocycles. The lowest BCUT2D eigenvalue weighted by Crippen LogP contribution is -2.38. The Kier molecular flexibility index (Phi) is 5.86. The number of anilines is 1. The Morgan fingerprint density at radius 3 is 2.00 bits per heavy atom. The Balaban J connectivity index is 1.34. The molecular formula is C25H28N2.